The van der Waals surface area contributed by atoms with Crippen LogP contribution < -0.4 is 4.74 Å². The third-order valence-corrected chi connectivity index (χ3v) is 2.10. The van der Waals surface area contributed by atoms with Crippen LogP contribution in [0.1, 0.15) is 26.3 Å². The summed E-state index contributed by atoms with van der Waals surface area (Å²) in [6.07, 6.45) is -0.128. The van der Waals surface area contributed by atoms with Gasteiger partial charge >= 0.3 is 11.9 Å². The van der Waals surface area contributed by atoms with Gasteiger partial charge in [-0.05, 0) is 32.9 Å². The Bertz CT molecular complexity index is 416. The smallest absolute Gasteiger partial charge is 0.381 e. The molecule has 0 heterocycles. The maximum atomic E-state index is 13.7. The number of benzene rings is 1. The van der Waals surface area contributed by atoms with Crippen molar-refractivity contribution in [3.05, 3.63) is 29.8 Å². The van der Waals surface area contributed by atoms with Crippen LogP contribution >= 0.6 is 0 Å². The van der Waals surface area contributed by atoms with E-state index >= 15 is 0 Å². The van der Waals surface area contributed by atoms with E-state index in [1.54, 1.807) is 19.9 Å². The van der Waals surface area contributed by atoms with Gasteiger partial charge in [0, 0.05) is 5.56 Å². The van der Waals surface area contributed by atoms with E-state index in [0.717, 1.165) is 6.07 Å². The van der Waals surface area contributed by atoms with Crippen molar-refractivity contribution in [3.8, 4) is 5.75 Å². The summed E-state index contributed by atoms with van der Waals surface area (Å²) in [6.45, 7) is 4.97. The van der Waals surface area contributed by atoms with Crippen molar-refractivity contribution >= 4 is 5.97 Å². The highest BCUT2D eigenvalue weighted by Gasteiger charge is 2.42. The average Bonchev–Trinajstić information content (AvgIpc) is 2.28. The summed E-state index contributed by atoms with van der Waals surface area (Å²) in [4.78, 5) is 11.2. The first kappa shape index (κ1) is 14.4. The van der Waals surface area contributed by atoms with E-state index in [2.05, 4.69) is 4.74 Å². The summed E-state index contributed by atoms with van der Waals surface area (Å²) in [7, 11) is 0. The molecule has 18 heavy (non-hydrogen) atoms. The van der Waals surface area contributed by atoms with Gasteiger partial charge in [-0.1, -0.05) is 12.1 Å². The molecule has 0 fully saturated rings. The summed E-state index contributed by atoms with van der Waals surface area (Å²) in [5.74, 6) is -4.91. The molecule has 1 rings (SSSR count). The Morgan fingerprint density at radius 1 is 1.39 bits per heavy atom. The van der Waals surface area contributed by atoms with Crippen LogP contribution in [0.25, 0.3) is 0 Å². The van der Waals surface area contributed by atoms with Crippen LogP contribution in [0, 0.1) is 0 Å². The summed E-state index contributed by atoms with van der Waals surface area (Å²) in [6, 6.07) is 5.30. The third kappa shape index (κ3) is 3.42. The molecule has 0 N–H and O–H groups in total. The summed E-state index contributed by atoms with van der Waals surface area (Å²) >= 11 is 0. The first-order valence-electron chi connectivity index (χ1n) is 5.70. The fourth-order valence-corrected chi connectivity index (χ4v) is 1.38. The molecule has 1 aromatic carbocycles. The van der Waals surface area contributed by atoms with Gasteiger partial charge in [0.15, 0.2) is 0 Å². The number of hydrogen-bond donors (Lipinski definition) is 0. The van der Waals surface area contributed by atoms with E-state index < -0.39 is 17.5 Å². The van der Waals surface area contributed by atoms with Gasteiger partial charge < -0.3 is 9.47 Å². The number of rotatable bonds is 5. The monoisotopic (exact) mass is 258 g/mol. The molecule has 0 amide bonds. The quantitative estimate of drug-likeness (QED) is 0.761. The predicted octanol–water partition coefficient (Wildman–Crippen LogP) is 3.13. The van der Waals surface area contributed by atoms with Crippen molar-refractivity contribution in [3.63, 3.8) is 0 Å². The van der Waals surface area contributed by atoms with Crippen LogP contribution in [0.15, 0.2) is 24.3 Å². The minimum Gasteiger partial charge on any atom is -0.491 e. The zero-order chi connectivity index (χ0) is 13.8. The number of halogens is 2. The van der Waals surface area contributed by atoms with Gasteiger partial charge in [-0.2, -0.15) is 8.78 Å². The first-order chi connectivity index (χ1) is 8.37. The molecule has 0 aliphatic carbocycles. The van der Waals surface area contributed by atoms with Gasteiger partial charge in [-0.25, -0.2) is 4.79 Å². The standard InChI is InChI=1S/C13H16F2O3/c1-4-17-12(16)13(14,15)10-6-5-7-11(8-10)18-9(2)3/h5-9H,4H2,1-3H3. The maximum Gasteiger partial charge on any atom is 0.381 e. The molecule has 1 aromatic rings. The van der Waals surface area contributed by atoms with Gasteiger partial charge in [0.2, 0.25) is 0 Å². The number of ether oxygens (including phenoxy) is 2. The lowest BCUT2D eigenvalue weighted by molar-refractivity contribution is -0.173. The molecular weight excluding hydrogens is 242 g/mol. The van der Waals surface area contributed by atoms with Gasteiger partial charge in [-0.15, -0.1) is 0 Å². The van der Waals surface area contributed by atoms with Crippen molar-refractivity contribution in [1.29, 1.82) is 0 Å². The van der Waals surface area contributed by atoms with E-state index in [-0.39, 0.29) is 12.7 Å². The second kappa shape index (κ2) is 5.80. The normalized spacial score (nSPS) is 11.4. The highest BCUT2D eigenvalue weighted by molar-refractivity contribution is 5.79. The highest BCUT2D eigenvalue weighted by atomic mass is 19.3. The largest absolute Gasteiger partial charge is 0.491 e. The Morgan fingerprint density at radius 2 is 2.06 bits per heavy atom. The van der Waals surface area contributed by atoms with Gasteiger partial charge in [0.1, 0.15) is 5.75 Å². The molecule has 0 spiro atoms. The lowest BCUT2D eigenvalue weighted by atomic mass is 10.1. The minimum absolute atomic E-state index is 0.0867. The van der Waals surface area contributed by atoms with Gasteiger partial charge in [0.05, 0.1) is 12.7 Å². The Balaban J connectivity index is 2.97. The number of esters is 1. The SMILES string of the molecule is CCOC(=O)C(F)(F)c1cccc(OC(C)C)c1. The van der Waals surface area contributed by atoms with E-state index in [0.29, 0.717) is 5.75 Å². The number of hydrogen-bond acceptors (Lipinski definition) is 3. The molecule has 0 aromatic heterocycles. The highest BCUT2D eigenvalue weighted by Crippen LogP contribution is 2.31. The van der Waals surface area contributed by atoms with Crippen LogP contribution in [-0.2, 0) is 15.5 Å². The summed E-state index contributed by atoms with van der Waals surface area (Å²) < 4.78 is 37.1. The van der Waals surface area contributed by atoms with Crippen LogP contribution in [0.2, 0.25) is 0 Å². The molecule has 0 saturated carbocycles. The van der Waals surface area contributed by atoms with E-state index in [9.17, 15) is 13.6 Å². The number of alkyl halides is 2. The second-order valence-corrected chi connectivity index (χ2v) is 3.99. The van der Waals surface area contributed by atoms with Gasteiger partial charge in [-0.3, -0.25) is 0 Å². The lowest BCUT2D eigenvalue weighted by Crippen LogP contribution is -2.28. The third-order valence-electron chi connectivity index (χ3n) is 2.10. The molecular formula is C13H16F2O3. The number of carbonyl (C=O) groups excluding carboxylic acids is 1. The molecule has 0 atom stereocenters. The van der Waals surface area contributed by atoms with Crippen LogP contribution in [0.5, 0.6) is 5.75 Å². The Hall–Kier alpha value is -1.65. The predicted molar refractivity (Wildman–Crippen MR) is 62.7 cm³/mol. The summed E-state index contributed by atoms with van der Waals surface area (Å²) in [5, 5.41) is 0. The molecule has 0 bridgehead atoms. The average molecular weight is 258 g/mol. The topological polar surface area (TPSA) is 35.5 Å². The second-order valence-electron chi connectivity index (χ2n) is 3.99. The fourth-order valence-electron chi connectivity index (χ4n) is 1.38. The molecule has 0 radical (unpaired) electrons. The Morgan fingerprint density at radius 3 is 2.61 bits per heavy atom. The van der Waals surface area contributed by atoms with Crippen molar-refractivity contribution in [1.82, 2.24) is 0 Å². The van der Waals surface area contributed by atoms with Crippen molar-refractivity contribution in [2.24, 2.45) is 0 Å². The fraction of sp³-hybridized carbons (Fsp3) is 0.462. The van der Waals surface area contributed by atoms with E-state index in [4.69, 9.17) is 4.74 Å². The van der Waals surface area contributed by atoms with Gasteiger partial charge in [0.25, 0.3) is 0 Å². The Labute approximate surface area is 105 Å². The molecule has 0 aliphatic heterocycles. The maximum absolute atomic E-state index is 13.7. The molecule has 0 unspecified atom stereocenters. The minimum atomic E-state index is -3.66. The van der Waals surface area contributed by atoms with E-state index in [1.165, 1.54) is 19.1 Å². The molecule has 3 nitrogen and oxygen atoms in total. The van der Waals surface area contributed by atoms with E-state index in [1.807, 2.05) is 0 Å². The Kier molecular flexibility index (Phi) is 4.64. The summed E-state index contributed by atoms with van der Waals surface area (Å²) in [5.41, 5.74) is -0.431. The van der Waals surface area contributed by atoms with Crippen molar-refractivity contribution in [2.75, 3.05) is 6.61 Å². The van der Waals surface area contributed by atoms with Crippen LogP contribution in [0.3, 0.4) is 0 Å². The van der Waals surface area contributed by atoms with Crippen LogP contribution in [0.4, 0.5) is 8.78 Å². The zero-order valence-electron chi connectivity index (χ0n) is 10.6. The zero-order valence-corrected chi connectivity index (χ0v) is 10.6. The molecule has 0 saturated heterocycles. The van der Waals surface area contributed by atoms with Crippen molar-refractivity contribution < 1.29 is 23.0 Å². The molecule has 5 heteroatoms. The van der Waals surface area contributed by atoms with Crippen LogP contribution in [-0.4, -0.2) is 18.7 Å². The number of carbonyl (C=O) groups is 1. The first-order valence-corrected chi connectivity index (χ1v) is 5.70. The molecule has 100 valence electrons. The molecule has 0 aliphatic rings. The van der Waals surface area contributed by atoms with Crippen molar-refractivity contribution in [2.45, 2.75) is 32.8 Å². The lowest BCUT2D eigenvalue weighted by Gasteiger charge is -2.16.